The van der Waals surface area contributed by atoms with Crippen molar-refractivity contribution in [2.45, 2.75) is 0 Å². The van der Waals surface area contributed by atoms with Gasteiger partial charge in [0.1, 0.15) is 5.69 Å². The zero-order valence-corrected chi connectivity index (χ0v) is 5.05. The first-order valence-electron chi connectivity index (χ1n) is 2.86. The van der Waals surface area contributed by atoms with Crippen LogP contribution in [0.5, 0.6) is 5.75 Å². The van der Waals surface area contributed by atoms with Gasteiger partial charge in [-0.3, -0.25) is 5.73 Å². The smallest absolute Gasteiger partial charge is 0.345 e. The summed E-state index contributed by atoms with van der Waals surface area (Å²) in [6.45, 7) is 0. The van der Waals surface area contributed by atoms with Crippen molar-refractivity contribution < 1.29 is 9.53 Å². The van der Waals surface area contributed by atoms with E-state index in [4.69, 9.17) is 10.5 Å². The van der Waals surface area contributed by atoms with Crippen LogP contribution in [0, 0.1) is 0 Å². The predicted molar refractivity (Wildman–Crippen MR) is 34.2 cm³/mol. The average molecular weight is 134 g/mol. The van der Waals surface area contributed by atoms with Gasteiger partial charge in [0.15, 0.2) is 5.75 Å². The van der Waals surface area contributed by atoms with Gasteiger partial charge in [-0.15, -0.1) is 0 Å². The molecular formula is C7H4NO2. The summed E-state index contributed by atoms with van der Waals surface area (Å²) in [5.41, 5.74) is 7.85. The van der Waals surface area contributed by atoms with Crippen LogP contribution in [-0.4, -0.2) is 5.97 Å². The molecule has 10 heavy (non-hydrogen) atoms. The molecule has 0 atom stereocenters. The van der Waals surface area contributed by atoms with E-state index in [0.717, 1.165) is 0 Å². The molecule has 2 rings (SSSR count). The van der Waals surface area contributed by atoms with Gasteiger partial charge < -0.3 is 4.74 Å². The van der Waals surface area contributed by atoms with Crippen molar-refractivity contribution in [1.29, 1.82) is 0 Å². The Kier molecular flexibility index (Phi) is 0.795. The molecule has 1 heterocycles. The van der Waals surface area contributed by atoms with Gasteiger partial charge in [-0.25, -0.2) is 4.79 Å². The fraction of sp³-hybridized carbons (Fsp3) is 0. The lowest BCUT2D eigenvalue weighted by atomic mass is 10.2. The molecule has 2 bridgehead atoms. The summed E-state index contributed by atoms with van der Waals surface area (Å²) in [5.74, 6) is -0.0486. The molecule has 0 unspecified atom stereocenters. The number of fused-ring (bicyclic) bond motifs is 2. The van der Waals surface area contributed by atoms with E-state index in [1.807, 2.05) is 0 Å². The molecule has 1 aromatic rings. The zero-order valence-electron chi connectivity index (χ0n) is 5.05. The molecule has 0 aliphatic carbocycles. The van der Waals surface area contributed by atoms with Gasteiger partial charge in [0.25, 0.3) is 0 Å². The van der Waals surface area contributed by atoms with Gasteiger partial charge in [0.05, 0.1) is 5.56 Å². The number of carbonyl (C=O) groups is 1. The number of esters is 1. The molecule has 3 nitrogen and oxygen atoms in total. The van der Waals surface area contributed by atoms with E-state index in [1.165, 1.54) is 0 Å². The van der Waals surface area contributed by atoms with Crippen molar-refractivity contribution >= 4 is 11.7 Å². The first kappa shape index (κ1) is 5.29. The molecule has 1 aromatic carbocycles. The number of hydrogen-bond acceptors (Lipinski definition) is 2. The Morgan fingerprint density at radius 1 is 1.40 bits per heavy atom. The van der Waals surface area contributed by atoms with Gasteiger partial charge >= 0.3 is 5.97 Å². The maximum atomic E-state index is 10.8. The third-order valence-corrected chi connectivity index (χ3v) is 1.45. The number of nitrogens with one attached hydrogen (secondary N) is 1. The Bertz CT molecular complexity index is 306. The lowest BCUT2D eigenvalue weighted by Crippen LogP contribution is -1.98. The molecule has 1 N–H and O–H groups in total. The largest absolute Gasteiger partial charge is 0.421 e. The van der Waals surface area contributed by atoms with Gasteiger partial charge in [-0.05, 0) is 12.1 Å². The Balaban J connectivity index is 2.76. The molecule has 0 aromatic heterocycles. The second-order valence-electron chi connectivity index (χ2n) is 2.07. The van der Waals surface area contributed by atoms with Crippen molar-refractivity contribution in [1.82, 2.24) is 5.73 Å². The summed E-state index contributed by atoms with van der Waals surface area (Å²) in [4.78, 5) is 10.8. The van der Waals surface area contributed by atoms with Crippen molar-refractivity contribution in [2.24, 2.45) is 0 Å². The SMILES string of the molecule is [NH]c1c2cccc1C(=O)O2. The second-order valence-corrected chi connectivity index (χ2v) is 2.07. The molecule has 0 fully saturated rings. The van der Waals surface area contributed by atoms with Gasteiger partial charge in [0, 0.05) is 0 Å². The Hall–Kier alpha value is -1.51. The number of benzene rings is 1. The van der Waals surface area contributed by atoms with Crippen LogP contribution in [0.1, 0.15) is 10.4 Å². The third kappa shape index (κ3) is 0.466. The summed E-state index contributed by atoms with van der Waals surface area (Å²) >= 11 is 0. The van der Waals surface area contributed by atoms with E-state index >= 15 is 0 Å². The normalized spacial score (nSPS) is 13.4. The molecule has 0 saturated carbocycles. The molecule has 1 radical (unpaired) electrons. The van der Waals surface area contributed by atoms with E-state index < -0.39 is 5.97 Å². The minimum absolute atomic E-state index is 0.201. The summed E-state index contributed by atoms with van der Waals surface area (Å²) in [5, 5.41) is 0. The second kappa shape index (κ2) is 1.50. The number of ether oxygens (including phenoxy) is 1. The Morgan fingerprint density at radius 3 is 2.80 bits per heavy atom. The third-order valence-electron chi connectivity index (χ3n) is 1.45. The van der Waals surface area contributed by atoms with Crippen molar-refractivity contribution in [3.63, 3.8) is 0 Å². The topological polar surface area (TPSA) is 50.1 Å². The number of carbonyl (C=O) groups excluding carboxylic acids is 1. The molecule has 49 valence electrons. The van der Waals surface area contributed by atoms with Crippen LogP contribution in [0.2, 0.25) is 0 Å². The molecular weight excluding hydrogens is 130 g/mol. The van der Waals surface area contributed by atoms with Crippen molar-refractivity contribution in [2.75, 3.05) is 0 Å². The Morgan fingerprint density at radius 2 is 2.20 bits per heavy atom. The highest BCUT2D eigenvalue weighted by molar-refractivity contribution is 6.01. The summed E-state index contributed by atoms with van der Waals surface area (Å²) in [6.07, 6.45) is 0. The maximum absolute atomic E-state index is 10.8. The van der Waals surface area contributed by atoms with Crippen LogP contribution >= 0.6 is 0 Å². The summed E-state index contributed by atoms with van der Waals surface area (Å²) in [6, 6.07) is 4.89. The van der Waals surface area contributed by atoms with Gasteiger partial charge in [0.2, 0.25) is 0 Å². The predicted octanol–water partition coefficient (Wildman–Crippen LogP) is 1.13. The van der Waals surface area contributed by atoms with Crippen molar-refractivity contribution in [3.8, 4) is 5.75 Å². The van der Waals surface area contributed by atoms with Crippen molar-refractivity contribution in [3.05, 3.63) is 23.8 Å². The first-order chi connectivity index (χ1) is 4.79. The van der Waals surface area contributed by atoms with E-state index in [2.05, 4.69) is 0 Å². The minimum atomic E-state index is -0.412. The van der Waals surface area contributed by atoms with Gasteiger partial charge in [-0.1, -0.05) is 6.07 Å². The maximum Gasteiger partial charge on any atom is 0.345 e. The number of hydrogen-bond donors (Lipinski definition) is 0. The zero-order chi connectivity index (χ0) is 7.14. The summed E-state index contributed by atoms with van der Waals surface area (Å²) < 4.78 is 4.70. The quantitative estimate of drug-likeness (QED) is 0.499. The lowest BCUT2D eigenvalue weighted by Gasteiger charge is -1.88. The van der Waals surface area contributed by atoms with E-state index in [-0.39, 0.29) is 5.69 Å². The molecule has 0 spiro atoms. The van der Waals surface area contributed by atoms with Crippen LogP contribution < -0.4 is 10.5 Å². The molecule has 3 heteroatoms. The number of rotatable bonds is 0. The van der Waals surface area contributed by atoms with E-state index in [1.54, 1.807) is 18.2 Å². The lowest BCUT2D eigenvalue weighted by molar-refractivity contribution is 0.0755. The Labute approximate surface area is 57.4 Å². The molecule has 0 saturated heterocycles. The highest BCUT2D eigenvalue weighted by Crippen LogP contribution is 2.33. The fourth-order valence-corrected chi connectivity index (χ4v) is 0.941. The van der Waals surface area contributed by atoms with Crippen LogP contribution in [0.15, 0.2) is 18.2 Å². The van der Waals surface area contributed by atoms with E-state index in [9.17, 15) is 4.79 Å². The van der Waals surface area contributed by atoms with Gasteiger partial charge in [-0.2, -0.15) is 0 Å². The standard InChI is InChI=1S/C7H4NO2/c8-6-4-2-1-3-5(6)10-7(4)9/h1-3,8H. The highest BCUT2D eigenvalue weighted by atomic mass is 16.5. The monoisotopic (exact) mass is 134 g/mol. The fourth-order valence-electron chi connectivity index (χ4n) is 0.941. The van der Waals surface area contributed by atoms with Crippen LogP contribution in [-0.2, 0) is 0 Å². The van der Waals surface area contributed by atoms with Crippen LogP contribution in [0.3, 0.4) is 0 Å². The molecule has 1 aliphatic heterocycles. The van der Waals surface area contributed by atoms with Crippen LogP contribution in [0.25, 0.3) is 0 Å². The summed E-state index contributed by atoms with van der Waals surface area (Å²) in [7, 11) is 0. The van der Waals surface area contributed by atoms with Crippen LogP contribution in [0.4, 0.5) is 5.69 Å². The molecule has 1 aliphatic rings. The highest BCUT2D eigenvalue weighted by Gasteiger charge is 2.23. The average Bonchev–Trinajstić information content (AvgIpc) is 2.16. The van der Waals surface area contributed by atoms with E-state index in [0.29, 0.717) is 11.3 Å². The first-order valence-corrected chi connectivity index (χ1v) is 2.86. The minimum Gasteiger partial charge on any atom is -0.421 e. The molecule has 0 amide bonds.